The van der Waals surface area contributed by atoms with E-state index in [4.69, 9.17) is 9.52 Å². The van der Waals surface area contributed by atoms with Crippen LogP contribution in [0.25, 0.3) is 11.0 Å². The van der Waals surface area contributed by atoms with Crippen molar-refractivity contribution in [2.45, 2.75) is 6.92 Å². The number of carbonyl (C=O) groups is 1. The van der Waals surface area contributed by atoms with Gasteiger partial charge in [-0.25, -0.2) is 4.79 Å². The molecule has 88 valence electrons. The van der Waals surface area contributed by atoms with E-state index in [1.54, 1.807) is 0 Å². The van der Waals surface area contributed by atoms with Gasteiger partial charge >= 0.3 is 5.97 Å². The molecule has 0 fully saturated rings. The number of fused-ring (bicyclic) bond motifs is 1. The van der Waals surface area contributed by atoms with Gasteiger partial charge in [0.1, 0.15) is 11.3 Å². The molecule has 0 aliphatic carbocycles. The standard InChI is InChI=1S/C11H8O6/c1-4-7(11(15)16)8(13)5-2-3-6(12)9(14)10(5)17-4/h2-3,12,14H,1H3,(H,15,16). The lowest BCUT2D eigenvalue weighted by molar-refractivity contribution is 0.0692. The zero-order valence-electron chi connectivity index (χ0n) is 8.72. The topological polar surface area (TPSA) is 108 Å². The summed E-state index contributed by atoms with van der Waals surface area (Å²) in [4.78, 5) is 22.7. The Labute approximate surface area is 94.4 Å². The van der Waals surface area contributed by atoms with Crippen molar-refractivity contribution in [1.29, 1.82) is 0 Å². The Balaban J connectivity index is 3.02. The van der Waals surface area contributed by atoms with Gasteiger partial charge in [0.15, 0.2) is 11.3 Å². The lowest BCUT2D eigenvalue weighted by atomic mass is 10.1. The molecule has 0 saturated heterocycles. The molecule has 3 N–H and O–H groups in total. The monoisotopic (exact) mass is 236 g/mol. The van der Waals surface area contributed by atoms with Gasteiger partial charge in [-0.1, -0.05) is 0 Å². The molecule has 0 unspecified atom stereocenters. The van der Waals surface area contributed by atoms with Gasteiger partial charge in [-0.15, -0.1) is 0 Å². The van der Waals surface area contributed by atoms with Crippen molar-refractivity contribution in [3.8, 4) is 11.5 Å². The second kappa shape index (κ2) is 3.51. The number of carboxylic acids is 1. The molecule has 0 radical (unpaired) electrons. The van der Waals surface area contributed by atoms with Crippen molar-refractivity contribution in [3.63, 3.8) is 0 Å². The number of phenols is 2. The van der Waals surface area contributed by atoms with Crippen LogP contribution >= 0.6 is 0 Å². The molecule has 17 heavy (non-hydrogen) atoms. The number of carboxylic acid groups (broad SMARTS) is 1. The van der Waals surface area contributed by atoms with E-state index >= 15 is 0 Å². The van der Waals surface area contributed by atoms with Crippen LogP contribution in [0, 0.1) is 6.92 Å². The van der Waals surface area contributed by atoms with Crippen LogP contribution in [0.4, 0.5) is 0 Å². The highest BCUT2D eigenvalue weighted by molar-refractivity contribution is 5.94. The number of rotatable bonds is 1. The van der Waals surface area contributed by atoms with Crippen LogP contribution in [0.15, 0.2) is 21.3 Å². The number of benzene rings is 1. The summed E-state index contributed by atoms with van der Waals surface area (Å²) in [7, 11) is 0. The van der Waals surface area contributed by atoms with Gasteiger partial charge in [-0.2, -0.15) is 0 Å². The van der Waals surface area contributed by atoms with Crippen molar-refractivity contribution in [2.75, 3.05) is 0 Å². The SMILES string of the molecule is Cc1oc2c(O)c(O)ccc2c(=O)c1C(=O)O. The molecular weight excluding hydrogens is 228 g/mol. The third kappa shape index (κ3) is 1.50. The van der Waals surface area contributed by atoms with Crippen molar-refractivity contribution in [2.24, 2.45) is 0 Å². The first-order valence-corrected chi connectivity index (χ1v) is 4.65. The quantitative estimate of drug-likeness (QED) is 0.642. The van der Waals surface area contributed by atoms with Crippen molar-refractivity contribution in [3.05, 3.63) is 33.7 Å². The van der Waals surface area contributed by atoms with Gasteiger partial charge in [-0.3, -0.25) is 4.79 Å². The molecule has 2 rings (SSSR count). The minimum Gasteiger partial charge on any atom is -0.504 e. The Morgan fingerprint density at radius 3 is 2.53 bits per heavy atom. The maximum Gasteiger partial charge on any atom is 0.343 e. The van der Waals surface area contributed by atoms with Crippen molar-refractivity contribution >= 4 is 16.9 Å². The summed E-state index contributed by atoms with van der Waals surface area (Å²) in [6, 6.07) is 2.29. The van der Waals surface area contributed by atoms with Crippen LogP contribution in [0.3, 0.4) is 0 Å². The molecule has 6 nitrogen and oxygen atoms in total. The summed E-state index contributed by atoms with van der Waals surface area (Å²) >= 11 is 0. The first kappa shape index (κ1) is 11.0. The fraction of sp³-hybridized carbons (Fsp3) is 0.0909. The fourth-order valence-corrected chi connectivity index (χ4v) is 1.59. The van der Waals surface area contributed by atoms with Crippen molar-refractivity contribution in [1.82, 2.24) is 0 Å². The Kier molecular flexibility index (Phi) is 2.27. The van der Waals surface area contributed by atoms with Crippen LogP contribution in [-0.2, 0) is 0 Å². The second-order valence-corrected chi connectivity index (χ2v) is 3.48. The lowest BCUT2D eigenvalue weighted by Gasteiger charge is -2.05. The molecule has 0 amide bonds. The lowest BCUT2D eigenvalue weighted by Crippen LogP contribution is -2.16. The molecular formula is C11H8O6. The molecule has 1 aromatic heterocycles. The smallest absolute Gasteiger partial charge is 0.343 e. The van der Waals surface area contributed by atoms with Crippen LogP contribution in [0.5, 0.6) is 11.5 Å². The van der Waals surface area contributed by atoms with E-state index in [2.05, 4.69) is 0 Å². The molecule has 2 aromatic rings. The third-order valence-corrected chi connectivity index (χ3v) is 2.40. The Bertz CT molecular complexity index is 682. The summed E-state index contributed by atoms with van der Waals surface area (Å²) in [5, 5.41) is 27.5. The molecule has 0 aliphatic heterocycles. The van der Waals surface area contributed by atoms with E-state index in [1.165, 1.54) is 13.0 Å². The van der Waals surface area contributed by atoms with E-state index in [0.29, 0.717) is 0 Å². The summed E-state index contributed by atoms with van der Waals surface area (Å²) in [6.07, 6.45) is 0. The minimum atomic E-state index is -1.40. The van der Waals surface area contributed by atoms with Gasteiger partial charge in [0.2, 0.25) is 11.2 Å². The summed E-state index contributed by atoms with van der Waals surface area (Å²) < 4.78 is 5.06. The number of aryl methyl sites for hydroxylation is 1. The molecule has 0 spiro atoms. The molecule has 0 saturated carbocycles. The van der Waals surface area contributed by atoms with E-state index in [-0.39, 0.29) is 16.7 Å². The number of phenolic OH excluding ortho intramolecular Hbond substituents is 2. The van der Waals surface area contributed by atoms with E-state index in [1.807, 2.05) is 0 Å². The van der Waals surface area contributed by atoms with Crippen LogP contribution in [0.2, 0.25) is 0 Å². The van der Waals surface area contributed by atoms with Gasteiger partial charge in [-0.05, 0) is 19.1 Å². The van der Waals surface area contributed by atoms with E-state index in [9.17, 15) is 19.8 Å². The maximum absolute atomic E-state index is 11.8. The highest BCUT2D eigenvalue weighted by atomic mass is 16.4. The van der Waals surface area contributed by atoms with E-state index in [0.717, 1.165) is 6.07 Å². The molecule has 6 heteroatoms. The second-order valence-electron chi connectivity index (χ2n) is 3.48. The Morgan fingerprint density at radius 2 is 1.94 bits per heavy atom. The van der Waals surface area contributed by atoms with Crippen LogP contribution in [-0.4, -0.2) is 21.3 Å². The largest absolute Gasteiger partial charge is 0.504 e. The minimum absolute atomic E-state index is 0.0942. The zero-order valence-corrected chi connectivity index (χ0v) is 8.72. The molecule has 1 heterocycles. The number of hydrogen-bond donors (Lipinski definition) is 3. The van der Waals surface area contributed by atoms with Gasteiger partial charge < -0.3 is 19.7 Å². The van der Waals surface area contributed by atoms with Gasteiger partial charge in [0.05, 0.1) is 5.39 Å². The highest BCUT2D eigenvalue weighted by Crippen LogP contribution is 2.32. The van der Waals surface area contributed by atoms with E-state index < -0.39 is 28.5 Å². The Morgan fingerprint density at radius 1 is 1.29 bits per heavy atom. The van der Waals surface area contributed by atoms with Gasteiger partial charge in [0, 0.05) is 0 Å². The predicted octanol–water partition coefficient (Wildman–Crippen LogP) is 1.21. The predicted molar refractivity (Wildman–Crippen MR) is 57.5 cm³/mol. The average molecular weight is 236 g/mol. The number of aromatic carboxylic acids is 1. The fourth-order valence-electron chi connectivity index (χ4n) is 1.59. The number of hydrogen-bond acceptors (Lipinski definition) is 5. The maximum atomic E-state index is 11.8. The third-order valence-electron chi connectivity index (χ3n) is 2.40. The molecule has 0 aliphatic rings. The van der Waals surface area contributed by atoms with Crippen molar-refractivity contribution < 1.29 is 24.5 Å². The first-order chi connectivity index (χ1) is 7.93. The molecule has 1 aromatic carbocycles. The Hall–Kier alpha value is -2.50. The van der Waals surface area contributed by atoms with Crippen LogP contribution < -0.4 is 5.43 Å². The van der Waals surface area contributed by atoms with Gasteiger partial charge in [0.25, 0.3) is 0 Å². The molecule has 0 atom stereocenters. The average Bonchev–Trinajstić information content (AvgIpc) is 2.23. The summed E-state index contributed by atoms with van der Waals surface area (Å²) in [5.41, 5.74) is -1.47. The number of aromatic hydroxyl groups is 2. The normalized spacial score (nSPS) is 10.6. The molecule has 0 bridgehead atoms. The summed E-state index contributed by atoms with van der Waals surface area (Å²) in [5.74, 6) is -2.55. The zero-order chi connectivity index (χ0) is 12.7. The first-order valence-electron chi connectivity index (χ1n) is 4.65. The highest BCUT2D eigenvalue weighted by Gasteiger charge is 2.20. The van der Waals surface area contributed by atoms with Crippen LogP contribution in [0.1, 0.15) is 16.1 Å². The summed E-state index contributed by atoms with van der Waals surface area (Å²) in [6.45, 7) is 1.30.